The van der Waals surface area contributed by atoms with Crippen molar-refractivity contribution in [1.82, 2.24) is 0 Å². The molecule has 0 saturated heterocycles. The van der Waals surface area contributed by atoms with E-state index in [0.29, 0.717) is 5.41 Å². The predicted molar refractivity (Wildman–Crippen MR) is 141 cm³/mol. The fraction of sp³-hybridized carbons (Fsp3) is 0.250. The topological polar surface area (TPSA) is 20.2 Å². The second-order valence-corrected chi connectivity index (χ2v) is 10.1. The van der Waals surface area contributed by atoms with Crippen molar-refractivity contribution in [2.45, 2.75) is 46.1 Å². The molecule has 2 aliphatic rings. The molecule has 166 valence electrons. The molecule has 0 fully saturated rings. The predicted octanol–water partition coefficient (Wildman–Crippen LogP) is 8.42. The lowest BCUT2D eigenvalue weighted by Crippen LogP contribution is -2.17. The molecule has 33 heavy (non-hydrogen) atoms. The van der Waals surface area contributed by atoms with Crippen LogP contribution in [0.3, 0.4) is 0 Å². The van der Waals surface area contributed by atoms with Gasteiger partial charge < -0.3 is 5.11 Å². The molecular formula is C32H32O. The van der Waals surface area contributed by atoms with Gasteiger partial charge in [-0.25, -0.2) is 0 Å². The normalized spacial score (nSPS) is 17.2. The minimum absolute atomic E-state index is 0.291. The molecule has 0 heterocycles. The molecule has 0 amide bonds. The molecular weight excluding hydrogens is 400 g/mol. The Hall–Kier alpha value is -3.16. The summed E-state index contributed by atoms with van der Waals surface area (Å²) < 4.78 is 0. The lowest BCUT2D eigenvalue weighted by molar-refractivity contribution is 0.199. The Kier molecular flexibility index (Phi) is 5.68. The Morgan fingerprint density at radius 2 is 1.45 bits per heavy atom. The van der Waals surface area contributed by atoms with Gasteiger partial charge in [-0.3, -0.25) is 0 Å². The lowest BCUT2D eigenvalue weighted by atomic mass is 9.72. The molecule has 0 saturated carbocycles. The van der Waals surface area contributed by atoms with E-state index < -0.39 is 6.10 Å². The fourth-order valence-electron chi connectivity index (χ4n) is 5.24. The van der Waals surface area contributed by atoms with Crippen LogP contribution in [0.2, 0.25) is 0 Å². The van der Waals surface area contributed by atoms with Crippen molar-refractivity contribution in [3.63, 3.8) is 0 Å². The minimum Gasteiger partial charge on any atom is -0.389 e. The summed E-state index contributed by atoms with van der Waals surface area (Å²) in [6.45, 7) is 6.47. The van der Waals surface area contributed by atoms with Gasteiger partial charge in [0.15, 0.2) is 0 Å². The van der Waals surface area contributed by atoms with Crippen LogP contribution < -0.4 is 0 Å². The maximum absolute atomic E-state index is 9.81. The number of aryl methyl sites for hydroxylation is 1. The van der Waals surface area contributed by atoms with Crippen molar-refractivity contribution in [2.24, 2.45) is 5.41 Å². The molecule has 0 bridgehead atoms. The van der Waals surface area contributed by atoms with Crippen LogP contribution >= 0.6 is 0 Å². The van der Waals surface area contributed by atoms with E-state index in [1.807, 2.05) is 6.92 Å². The Morgan fingerprint density at radius 3 is 2.09 bits per heavy atom. The molecule has 0 spiro atoms. The zero-order chi connectivity index (χ0) is 23.0. The van der Waals surface area contributed by atoms with Gasteiger partial charge in [0, 0.05) is 0 Å². The van der Waals surface area contributed by atoms with Crippen LogP contribution in [0, 0.1) is 5.41 Å². The van der Waals surface area contributed by atoms with E-state index in [1.165, 1.54) is 51.1 Å². The quantitative estimate of drug-likeness (QED) is 0.320. The summed E-state index contributed by atoms with van der Waals surface area (Å²) in [6.07, 6.45) is 7.77. The number of fused-ring (bicyclic) bond motifs is 5. The molecule has 2 aliphatic carbocycles. The van der Waals surface area contributed by atoms with E-state index in [1.54, 1.807) is 5.57 Å². The minimum atomic E-state index is -0.409. The van der Waals surface area contributed by atoms with Gasteiger partial charge in [0.05, 0.1) is 6.10 Å². The van der Waals surface area contributed by atoms with Crippen molar-refractivity contribution < 1.29 is 5.11 Å². The first-order valence-electron chi connectivity index (χ1n) is 12.0. The second kappa shape index (κ2) is 8.65. The lowest BCUT2D eigenvalue weighted by Gasteiger charge is -2.32. The number of rotatable bonds is 1. The number of allylic oxidation sites excluding steroid dienone is 4. The van der Waals surface area contributed by atoms with E-state index in [9.17, 15) is 5.11 Å². The zero-order valence-electron chi connectivity index (χ0n) is 19.8. The summed E-state index contributed by atoms with van der Waals surface area (Å²) in [5.74, 6) is 0. The Bertz CT molecular complexity index is 1320. The molecule has 1 unspecified atom stereocenters. The third-order valence-corrected chi connectivity index (χ3v) is 7.01. The van der Waals surface area contributed by atoms with Crippen molar-refractivity contribution in [2.75, 3.05) is 0 Å². The van der Waals surface area contributed by atoms with Crippen molar-refractivity contribution in [3.8, 4) is 0 Å². The summed E-state index contributed by atoms with van der Waals surface area (Å²) >= 11 is 0. The largest absolute Gasteiger partial charge is 0.389 e. The molecule has 0 aliphatic heterocycles. The van der Waals surface area contributed by atoms with E-state index in [4.69, 9.17) is 0 Å². The van der Waals surface area contributed by atoms with Crippen LogP contribution in [0.1, 0.15) is 56.4 Å². The number of benzene rings is 4. The van der Waals surface area contributed by atoms with Crippen molar-refractivity contribution in [1.29, 1.82) is 0 Å². The third-order valence-electron chi connectivity index (χ3n) is 7.01. The highest BCUT2D eigenvalue weighted by Crippen LogP contribution is 2.44. The molecule has 1 nitrogen and oxygen atoms in total. The van der Waals surface area contributed by atoms with Gasteiger partial charge in [-0.1, -0.05) is 104 Å². The van der Waals surface area contributed by atoms with Crippen molar-refractivity contribution in [3.05, 3.63) is 113 Å². The van der Waals surface area contributed by atoms with E-state index in [0.717, 1.165) is 12.0 Å². The molecule has 4 aromatic rings. The van der Waals surface area contributed by atoms with Crippen LogP contribution in [-0.4, -0.2) is 5.11 Å². The first-order valence-corrected chi connectivity index (χ1v) is 12.0. The molecule has 0 aromatic heterocycles. The highest BCUT2D eigenvalue weighted by Gasteiger charge is 2.27. The van der Waals surface area contributed by atoms with Crippen LogP contribution in [-0.2, 0) is 6.42 Å². The molecule has 1 heteroatoms. The molecule has 1 atom stereocenters. The van der Waals surface area contributed by atoms with E-state index in [-0.39, 0.29) is 0 Å². The smallest absolute Gasteiger partial charge is 0.0762 e. The first-order chi connectivity index (χ1) is 15.9. The average Bonchev–Trinajstić information content (AvgIpc) is 2.83. The fourth-order valence-corrected chi connectivity index (χ4v) is 5.24. The third kappa shape index (κ3) is 4.38. The highest BCUT2D eigenvalue weighted by atomic mass is 16.3. The monoisotopic (exact) mass is 432 g/mol. The first kappa shape index (κ1) is 21.7. The molecule has 6 rings (SSSR count). The van der Waals surface area contributed by atoms with Crippen LogP contribution in [0.15, 0.2) is 96.6 Å². The number of hydrogen-bond donors (Lipinski definition) is 1. The SMILES string of the molecule is CC(O)c1ccc2c3c(ccc2c1)C1=C(CC3)CC(C)(C)C=C1.c1ccc2ccccc2c1. The number of aliphatic hydroxyl groups is 1. The average molecular weight is 433 g/mol. The Labute approximate surface area is 197 Å². The summed E-state index contributed by atoms with van der Waals surface area (Å²) in [5, 5.41) is 15.0. The van der Waals surface area contributed by atoms with E-state index in [2.05, 4.69) is 105 Å². The van der Waals surface area contributed by atoms with Gasteiger partial charge in [-0.2, -0.15) is 0 Å². The molecule has 0 radical (unpaired) electrons. The van der Waals surface area contributed by atoms with Gasteiger partial charge in [0.25, 0.3) is 0 Å². The molecule has 4 aromatic carbocycles. The van der Waals surface area contributed by atoms with E-state index >= 15 is 0 Å². The van der Waals surface area contributed by atoms with Gasteiger partial charge in [0.1, 0.15) is 0 Å². The zero-order valence-corrected chi connectivity index (χ0v) is 19.8. The highest BCUT2D eigenvalue weighted by molar-refractivity contribution is 5.94. The summed E-state index contributed by atoms with van der Waals surface area (Å²) in [5.41, 5.74) is 7.24. The van der Waals surface area contributed by atoms with Crippen LogP contribution in [0.25, 0.3) is 27.1 Å². The number of hydrogen-bond acceptors (Lipinski definition) is 1. The maximum Gasteiger partial charge on any atom is 0.0762 e. The Balaban J connectivity index is 0.000000190. The summed E-state index contributed by atoms with van der Waals surface area (Å²) in [6, 6.07) is 27.6. The van der Waals surface area contributed by atoms with Gasteiger partial charge in [-0.05, 0) is 81.5 Å². The Morgan fingerprint density at radius 1 is 0.788 bits per heavy atom. The maximum atomic E-state index is 9.81. The standard InChI is InChI=1S/C22H24O.C10H8/c1-14(23)15-4-7-18-16(12-15)5-8-21-19-10-11-22(2,3)13-17(19)6-9-20(18)21;1-2-6-10-8-4-3-7-9(10)5-1/h4-5,7-8,10-12,14,23H,6,9,13H2,1-3H3;1-8H. The van der Waals surface area contributed by atoms with Gasteiger partial charge in [0.2, 0.25) is 0 Å². The summed E-state index contributed by atoms with van der Waals surface area (Å²) in [7, 11) is 0. The van der Waals surface area contributed by atoms with Gasteiger partial charge >= 0.3 is 0 Å². The van der Waals surface area contributed by atoms with Crippen LogP contribution in [0.4, 0.5) is 0 Å². The van der Waals surface area contributed by atoms with Crippen LogP contribution in [0.5, 0.6) is 0 Å². The molecule has 1 N–H and O–H groups in total. The van der Waals surface area contributed by atoms with Crippen molar-refractivity contribution >= 4 is 27.1 Å². The second-order valence-electron chi connectivity index (χ2n) is 10.1. The number of aliphatic hydroxyl groups excluding tert-OH is 1. The summed E-state index contributed by atoms with van der Waals surface area (Å²) in [4.78, 5) is 0. The van der Waals surface area contributed by atoms with Gasteiger partial charge in [-0.15, -0.1) is 0 Å².